The zero-order chi connectivity index (χ0) is 20.9. The van der Waals surface area contributed by atoms with Crippen molar-refractivity contribution in [3.8, 4) is 11.5 Å². The highest BCUT2D eigenvalue weighted by Crippen LogP contribution is 2.39. The van der Waals surface area contributed by atoms with Crippen LogP contribution in [-0.2, 0) is 0 Å². The molecule has 1 heterocycles. The van der Waals surface area contributed by atoms with Crippen molar-refractivity contribution in [3.05, 3.63) is 94.5 Å². The second-order valence-corrected chi connectivity index (χ2v) is 7.87. The minimum absolute atomic E-state index is 0.0552. The van der Waals surface area contributed by atoms with Crippen LogP contribution >= 0.6 is 15.9 Å². The predicted octanol–water partition coefficient (Wildman–Crippen LogP) is 6.49. The van der Waals surface area contributed by atoms with E-state index in [1.165, 1.54) is 0 Å². The number of rotatable bonds is 6. The van der Waals surface area contributed by atoms with Crippen LogP contribution < -0.4 is 14.5 Å². The van der Waals surface area contributed by atoms with E-state index in [4.69, 9.17) is 14.6 Å². The lowest BCUT2D eigenvalue weighted by Gasteiger charge is -2.25. The number of benzene rings is 3. The van der Waals surface area contributed by atoms with Gasteiger partial charge in [-0.25, -0.2) is 0 Å². The number of para-hydroxylation sites is 2. The van der Waals surface area contributed by atoms with Gasteiger partial charge in [0.2, 0.25) is 0 Å². The summed E-state index contributed by atoms with van der Waals surface area (Å²) in [6.07, 6.45) is 4.91. The Kier molecular flexibility index (Phi) is 6.19. The largest absolute Gasteiger partial charge is 0.496 e. The molecule has 3 aromatic carbocycles. The molecule has 0 bridgehead atoms. The van der Waals surface area contributed by atoms with Gasteiger partial charge in [-0.15, -0.1) is 0 Å². The topological polar surface area (TPSA) is 34.1 Å². The van der Waals surface area contributed by atoms with Crippen molar-refractivity contribution >= 4 is 33.4 Å². The van der Waals surface area contributed by atoms with Crippen molar-refractivity contribution in [3.63, 3.8) is 0 Å². The summed E-state index contributed by atoms with van der Waals surface area (Å²) < 4.78 is 12.1. The first kappa shape index (κ1) is 20.2. The molecule has 0 spiro atoms. The van der Waals surface area contributed by atoms with Gasteiger partial charge in [-0.2, -0.15) is 5.10 Å². The fourth-order valence-corrected chi connectivity index (χ4v) is 3.90. The first-order valence-electron chi connectivity index (χ1n) is 9.76. The molecule has 0 aromatic heterocycles. The Bertz CT molecular complexity index is 1080. The fraction of sp³-hybridized carbons (Fsp3) is 0.160. The highest BCUT2D eigenvalue weighted by Gasteiger charge is 2.30. The molecule has 0 unspecified atom stereocenters. The van der Waals surface area contributed by atoms with Gasteiger partial charge in [0.25, 0.3) is 0 Å². The van der Waals surface area contributed by atoms with Crippen LogP contribution in [-0.4, -0.2) is 19.9 Å². The van der Waals surface area contributed by atoms with E-state index in [9.17, 15) is 0 Å². The molecule has 0 saturated carbocycles. The van der Waals surface area contributed by atoms with E-state index in [0.717, 1.165) is 44.9 Å². The molecule has 1 atom stereocenters. The summed E-state index contributed by atoms with van der Waals surface area (Å²) in [5.41, 5.74) is 4.18. The van der Waals surface area contributed by atoms with Crippen LogP contribution in [0.4, 0.5) is 5.69 Å². The zero-order valence-electron chi connectivity index (χ0n) is 17.0. The van der Waals surface area contributed by atoms with E-state index in [0.29, 0.717) is 0 Å². The molecular formula is C25H23BrN2O2. The van der Waals surface area contributed by atoms with Crippen molar-refractivity contribution < 1.29 is 9.47 Å². The van der Waals surface area contributed by atoms with Gasteiger partial charge >= 0.3 is 0 Å². The number of hydrogen-bond acceptors (Lipinski definition) is 4. The van der Waals surface area contributed by atoms with Crippen molar-refractivity contribution in [2.75, 3.05) is 19.2 Å². The smallest absolute Gasteiger partial charge is 0.126 e. The Morgan fingerprint density at radius 3 is 2.27 bits per heavy atom. The highest BCUT2D eigenvalue weighted by molar-refractivity contribution is 9.10. The predicted molar refractivity (Wildman–Crippen MR) is 126 cm³/mol. The van der Waals surface area contributed by atoms with E-state index < -0.39 is 0 Å². The van der Waals surface area contributed by atoms with Gasteiger partial charge in [-0.3, -0.25) is 5.01 Å². The molecule has 30 heavy (non-hydrogen) atoms. The Morgan fingerprint density at radius 1 is 0.867 bits per heavy atom. The lowest BCUT2D eigenvalue weighted by molar-refractivity contribution is 0.405. The van der Waals surface area contributed by atoms with Crippen molar-refractivity contribution in [2.45, 2.75) is 12.5 Å². The van der Waals surface area contributed by atoms with Crippen LogP contribution in [0.3, 0.4) is 0 Å². The summed E-state index contributed by atoms with van der Waals surface area (Å²) >= 11 is 3.52. The second kappa shape index (κ2) is 9.18. The van der Waals surface area contributed by atoms with Crippen molar-refractivity contribution in [1.29, 1.82) is 0 Å². The monoisotopic (exact) mass is 462 g/mol. The molecule has 0 amide bonds. The number of halogens is 1. The van der Waals surface area contributed by atoms with Crippen LogP contribution in [0.1, 0.15) is 23.6 Å². The molecule has 0 fully saturated rings. The fourth-order valence-electron chi connectivity index (χ4n) is 3.64. The van der Waals surface area contributed by atoms with E-state index in [2.05, 4.69) is 51.3 Å². The molecule has 5 heteroatoms. The third-order valence-electron chi connectivity index (χ3n) is 5.12. The van der Waals surface area contributed by atoms with Gasteiger partial charge in [-0.05, 0) is 48.6 Å². The van der Waals surface area contributed by atoms with Gasteiger partial charge in [0.15, 0.2) is 0 Å². The van der Waals surface area contributed by atoms with Crippen LogP contribution in [0, 0.1) is 0 Å². The molecule has 0 saturated heterocycles. The maximum atomic E-state index is 5.64. The van der Waals surface area contributed by atoms with E-state index in [-0.39, 0.29) is 6.04 Å². The number of ether oxygens (including phenoxy) is 2. The molecular weight excluding hydrogens is 440 g/mol. The minimum atomic E-state index is 0.0552. The molecule has 152 valence electrons. The average molecular weight is 463 g/mol. The van der Waals surface area contributed by atoms with Crippen LogP contribution in [0.5, 0.6) is 11.5 Å². The van der Waals surface area contributed by atoms with Gasteiger partial charge in [0, 0.05) is 22.0 Å². The number of allylic oxidation sites excluding steroid dienone is 1. The average Bonchev–Trinajstić information content (AvgIpc) is 3.22. The number of nitrogens with zero attached hydrogens (tertiary/aromatic N) is 2. The summed E-state index contributed by atoms with van der Waals surface area (Å²) in [6, 6.07) is 24.4. The summed E-state index contributed by atoms with van der Waals surface area (Å²) in [7, 11) is 3.40. The first-order chi connectivity index (χ1) is 14.7. The summed E-state index contributed by atoms with van der Waals surface area (Å²) in [5.74, 6) is 1.72. The summed E-state index contributed by atoms with van der Waals surface area (Å²) in [5, 5.41) is 7.02. The molecule has 3 aromatic rings. The lowest BCUT2D eigenvalue weighted by atomic mass is 9.99. The third kappa shape index (κ3) is 4.26. The van der Waals surface area contributed by atoms with Crippen molar-refractivity contribution in [2.24, 2.45) is 5.10 Å². The SMILES string of the molecule is COc1ccccc1/C=C/C1=NN(c2ccc(Br)cc2)[C@@H](c2ccccc2OC)C1. The Balaban J connectivity index is 1.69. The first-order valence-corrected chi connectivity index (χ1v) is 10.5. The molecule has 4 nitrogen and oxygen atoms in total. The Labute approximate surface area is 185 Å². The molecule has 0 radical (unpaired) electrons. The molecule has 1 aliphatic heterocycles. The lowest BCUT2D eigenvalue weighted by Crippen LogP contribution is -2.19. The standard InChI is InChI=1S/C25H23BrN2O2/c1-29-24-9-5-3-7-18(24)11-14-20-17-23(22-8-4-6-10-25(22)30-2)28(27-20)21-15-12-19(26)13-16-21/h3-16,23H,17H2,1-2H3/b14-11+/t23-/m1/s1. The highest BCUT2D eigenvalue weighted by atomic mass is 79.9. The number of hydrogen-bond donors (Lipinski definition) is 0. The van der Waals surface area contributed by atoms with Gasteiger partial charge in [-0.1, -0.05) is 52.3 Å². The van der Waals surface area contributed by atoms with E-state index in [1.807, 2.05) is 54.6 Å². The maximum absolute atomic E-state index is 5.64. The number of anilines is 1. The molecule has 0 aliphatic carbocycles. The van der Waals surface area contributed by atoms with Gasteiger partial charge < -0.3 is 9.47 Å². The Morgan fingerprint density at radius 2 is 1.53 bits per heavy atom. The molecule has 1 aliphatic rings. The van der Waals surface area contributed by atoms with E-state index >= 15 is 0 Å². The van der Waals surface area contributed by atoms with Crippen LogP contribution in [0.25, 0.3) is 6.08 Å². The summed E-state index contributed by atoms with van der Waals surface area (Å²) in [6.45, 7) is 0. The van der Waals surface area contributed by atoms with Crippen LogP contribution in [0.15, 0.2) is 88.4 Å². The van der Waals surface area contributed by atoms with Gasteiger partial charge in [0.05, 0.1) is 31.7 Å². The number of methoxy groups -OCH3 is 2. The quantitative estimate of drug-likeness (QED) is 0.419. The number of hydrazone groups is 1. The minimum Gasteiger partial charge on any atom is -0.496 e. The summed E-state index contributed by atoms with van der Waals surface area (Å²) in [4.78, 5) is 0. The maximum Gasteiger partial charge on any atom is 0.126 e. The molecule has 4 rings (SSSR count). The van der Waals surface area contributed by atoms with E-state index in [1.54, 1.807) is 14.2 Å². The van der Waals surface area contributed by atoms with Crippen molar-refractivity contribution in [1.82, 2.24) is 0 Å². The second-order valence-electron chi connectivity index (χ2n) is 6.95. The Hall–Kier alpha value is -3.05. The third-order valence-corrected chi connectivity index (χ3v) is 5.65. The normalized spacial score (nSPS) is 16.0. The zero-order valence-corrected chi connectivity index (χ0v) is 18.5. The van der Waals surface area contributed by atoms with Gasteiger partial charge in [0.1, 0.15) is 11.5 Å². The van der Waals surface area contributed by atoms with Crippen LogP contribution in [0.2, 0.25) is 0 Å². The molecule has 0 N–H and O–H groups in total.